The molecule has 1 aliphatic rings. The molecule has 0 aliphatic heterocycles. The zero-order valence-corrected chi connectivity index (χ0v) is 37.8. The molecule has 0 aromatic heterocycles. The molecule has 346 valence electrons. The van der Waals surface area contributed by atoms with E-state index in [0.29, 0.717) is 41.1 Å². The fraction of sp³-hybridized carbons (Fsp3) is 0.259. The molecule has 0 heterocycles. The highest BCUT2D eigenvalue weighted by atomic mass is 35.5. The van der Waals surface area contributed by atoms with E-state index in [9.17, 15) is 19.2 Å². The van der Waals surface area contributed by atoms with Crippen molar-refractivity contribution < 1.29 is 42.9 Å². The van der Waals surface area contributed by atoms with Gasteiger partial charge in [-0.3, -0.25) is 4.79 Å². The Labute approximate surface area is 395 Å². The number of rotatable bonds is 23. The van der Waals surface area contributed by atoms with E-state index in [1.165, 1.54) is 0 Å². The Morgan fingerprint density at radius 1 is 0.582 bits per heavy atom. The minimum Gasteiger partial charge on any atom is -0.449 e. The Bertz CT molecular complexity index is 2460. The standard InChI is InChI=1S/C54H54ClN3O9/c55-48-29-15-14-28-47(48)54(40-20-6-2-7-21-40,41-22-8-3-9-23-41)67-51(60)49(58-53(62)65-36-39-18-4-1-5-19-39)30-16-17-31-56-50(59)38-64-35-34-63-33-32-57-52(61)66-37-46-44-26-12-10-24-42(44)43-25-11-13-27-45(43)46/h1-15,18-29,46,49H,16-17,30-38H2,(H,56,59)(H,57,61)(H,58,62)/t49-/m0/s1. The predicted octanol–water partition coefficient (Wildman–Crippen LogP) is 9.33. The molecule has 7 rings (SSSR count). The van der Waals surface area contributed by atoms with Crippen LogP contribution in [0.15, 0.2) is 164 Å². The maximum absolute atomic E-state index is 14.5. The number of esters is 1. The minimum atomic E-state index is -1.48. The van der Waals surface area contributed by atoms with Gasteiger partial charge in [0.1, 0.15) is 25.9 Å². The molecular weight excluding hydrogens is 870 g/mol. The molecule has 6 aromatic rings. The first-order chi connectivity index (χ1) is 32.8. The average Bonchev–Trinajstić information content (AvgIpc) is 3.69. The maximum atomic E-state index is 14.5. The van der Waals surface area contributed by atoms with Crippen molar-refractivity contribution in [2.24, 2.45) is 0 Å². The number of halogens is 1. The second-order valence-corrected chi connectivity index (χ2v) is 16.2. The van der Waals surface area contributed by atoms with Crippen LogP contribution in [0, 0.1) is 0 Å². The molecule has 12 nitrogen and oxygen atoms in total. The van der Waals surface area contributed by atoms with Gasteiger partial charge in [-0.05, 0) is 53.1 Å². The fourth-order valence-corrected chi connectivity index (χ4v) is 8.40. The lowest BCUT2D eigenvalue weighted by molar-refractivity contribution is -0.156. The van der Waals surface area contributed by atoms with Crippen LogP contribution < -0.4 is 16.0 Å². The highest BCUT2D eigenvalue weighted by molar-refractivity contribution is 6.31. The second kappa shape index (κ2) is 24.5. The highest BCUT2D eigenvalue weighted by Gasteiger charge is 2.43. The summed E-state index contributed by atoms with van der Waals surface area (Å²) < 4.78 is 28.8. The van der Waals surface area contributed by atoms with Gasteiger partial charge in [0.05, 0.1) is 19.8 Å². The largest absolute Gasteiger partial charge is 0.449 e. The molecule has 3 N–H and O–H groups in total. The Kier molecular flexibility index (Phi) is 17.5. The molecule has 0 fully saturated rings. The quantitative estimate of drug-likeness (QED) is 0.0247. The van der Waals surface area contributed by atoms with E-state index < -0.39 is 29.8 Å². The van der Waals surface area contributed by atoms with Crippen LogP contribution in [0.2, 0.25) is 5.02 Å². The van der Waals surface area contributed by atoms with Gasteiger partial charge in [-0.1, -0.05) is 169 Å². The van der Waals surface area contributed by atoms with Crippen LogP contribution in [0.1, 0.15) is 58.6 Å². The number of carbonyl (C=O) groups excluding carboxylic acids is 4. The van der Waals surface area contributed by atoms with Crippen LogP contribution in [-0.2, 0) is 45.5 Å². The zero-order valence-electron chi connectivity index (χ0n) is 37.1. The summed E-state index contributed by atoms with van der Waals surface area (Å²) in [7, 11) is 0. The van der Waals surface area contributed by atoms with E-state index in [1.54, 1.807) is 12.1 Å². The van der Waals surface area contributed by atoms with E-state index in [4.69, 9.17) is 35.3 Å². The molecule has 0 radical (unpaired) electrons. The molecule has 1 atom stereocenters. The number of carbonyl (C=O) groups is 4. The van der Waals surface area contributed by atoms with Gasteiger partial charge in [-0.2, -0.15) is 0 Å². The van der Waals surface area contributed by atoms with Crippen molar-refractivity contribution in [1.29, 1.82) is 0 Å². The van der Waals surface area contributed by atoms with Crippen LogP contribution >= 0.6 is 11.6 Å². The SMILES string of the molecule is O=C(COCCOCCNC(=O)OCC1c2ccccc2-c2ccccc21)NCCCC[C@H](NC(=O)OCc1ccccc1)C(=O)OC(c1ccccc1)(c1ccccc1)c1ccccc1Cl. The lowest BCUT2D eigenvalue weighted by atomic mass is 9.80. The zero-order chi connectivity index (χ0) is 46.7. The van der Waals surface area contributed by atoms with Gasteiger partial charge in [-0.15, -0.1) is 0 Å². The molecule has 0 spiro atoms. The van der Waals surface area contributed by atoms with Gasteiger partial charge in [0.2, 0.25) is 5.91 Å². The van der Waals surface area contributed by atoms with Crippen LogP contribution in [0.4, 0.5) is 9.59 Å². The van der Waals surface area contributed by atoms with Gasteiger partial charge in [0.25, 0.3) is 0 Å². The third kappa shape index (κ3) is 12.9. The number of hydrogen-bond donors (Lipinski definition) is 3. The van der Waals surface area contributed by atoms with Crippen molar-refractivity contribution in [1.82, 2.24) is 16.0 Å². The van der Waals surface area contributed by atoms with Crippen molar-refractivity contribution in [3.05, 3.63) is 202 Å². The van der Waals surface area contributed by atoms with E-state index in [1.807, 2.05) is 127 Å². The number of ether oxygens (including phenoxy) is 5. The van der Waals surface area contributed by atoms with Crippen molar-refractivity contribution in [2.75, 3.05) is 46.1 Å². The smallest absolute Gasteiger partial charge is 0.408 e. The lowest BCUT2D eigenvalue weighted by Gasteiger charge is -2.37. The third-order valence-corrected chi connectivity index (χ3v) is 11.7. The Balaban J connectivity index is 0.850. The molecule has 0 bridgehead atoms. The van der Waals surface area contributed by atoms with E-state index >= 15 is 0 Å². The molecule has 0 saturated heterocycles. The summed E-state index contributed by atoms with van der Waals surface area (Å²) in [6.07, 6.45) is -0.194. The Morgan fingerprint density at radius 3 is 1.82 bits per heavy atom. The van der Waals surface area contributed by atoms with Crippen molar-refractivity contribution >= 4 is 35.7 Å². The number of fused-ring (bicyclic) bond motifs is 3. The lowest BCUT2D eigenvalue weighted by Crippen LogP contribution is -2.46. The van der Waals surface area contributed by atoms with Crippen LogP contribution in [-0.4, -0.2) is 76.2 Å². The molecule has 0 unspecified atom stereocenters. The van der Waals surface area contributed by atoms with Crippen LogP contribution in [0.3, 0.4) is 0 Å². The summed E-state index contributed by atoms with van der Waals surface area (Å²) in [5.74, 6) is -1.03. The second-order valence-electron chi connectivity index (χ2n) is 15.8. The third-order valence-electron chi connectivity index (χ3n) is 11.4. The summed E-state index contributed by atoms with van der Waals surface area (Å²) in [6.45, 7) is 1.26. The van der Waals surface area contributed by atoms with Crippen LogP contribution in [0.25, 0.3) is 11.1 Å². The number of alkyl carbamates (subject to hydrolysis) is 2. The highest BCUT2D eigenvalue weighted by Crippen LogP contribution is 2.45. The molecular formula is C54H54ClN3O9. The van der Waals surface area contributed by atoms with Crippen molar-refractivity contribution in [3.63, 3.8) is 0 Å². The van der Waals surface area contributed by atoms with E-state index in [-0.39, 0.29) is 64.4 Å². The molecule has 67 heavy (non-hydrogen) atoms. The molecule has 6 aromatic carbocycles. The van der Waals surface area contributed by atoms with Gasteiger partial charge < -0.3 is 39.6 Å². The number of benzene rings is 6. The van der Waals surface area contributed by atoms with E-state index in [2.05, 4.69) is 40.2 Å². The molecule has 3 amide bonds. The fourth-order valence-electron chi connectivity index (χ4n) is 8.13. The number of amides is 3. The normalized spacial score (nSPS) is 12.3. The summed E-state index contributed by atoms with van der Waals surface area (Å²) in [4.78, 5) is 52.8. The topological polar surface area (TPSA) is 151 Å². The number of unbranched alkanes of at least 4 members (excludes halogenated alkanes) is 1. The summed E-state index contributed by atoms with van der Waals surface area (Å²) >= 11 is 6.87. The summed E-state index contributed by atoms with van der Waals surface area (Å²) in [5.41, 5.74) is 5.79. The molecule has 0 saturated carbocycles. The minimum absolute atomic E-state index is 0.00707. The maximum Gasteiger partial charge on any atom is 0.408 e. The number of nitrogens with one attached hydrogen (secondary N) is 3. The Morgan fingerprint density at radius 2 is 1.16 bits per heavy atom. The molecule has 13 heteroatoms. The van der Waals surface area contributed by atoms with Gasteiger partial charge in [0, 0.05) is 40.7 Å². The number of hydrogen-bond acceptors (Lipinski definition) is 9. The van der Waals surface area contributed by atoms with Gasteiger partial charge in [-0.25, -0.2) is 14.4 Å². The first-order valence-electron chi connectivity index (χ1n) is 22.4. The summed E-state index contributed by atoms with van der Waals surface area (Å²) in [5, 5.41) is 8.68. The summed E-state index contributed by atoms with van der Waals surface area (Å²) in [6, 6.07) is 50.3. The van der Waals surface area contributed by atoms with Gasteiger partial charge >= 0.3 is 18.2 Å². The average molecular weight is 924 g/mol. The van der Waals surface area contributed by atoms with Crippen molar-refractivity contribution in [2.45, 2.75) is 43.4 Å². The van der Waals surface area contributed by atoms with Gasteiger partial charge in [0.15, 0.2) is 5.60 Å². The Hall–Kier alpha value is -6.99. The first-order valence-corrected chi connectivity index (χ1v) is 22.8. The molecule has 1 aliphatic carbocycles. The van der Waals surface area contributed by atoms with Crippen molar-refractivity contribution in [3.8, 4) is 11.1 Å². The first kappa shape index (κ1) is 48.0. The monoisotopic (exact) mass is 923 g/mol. The van der Waals surface area contributed by atoms with Crippen LogP contribution in [0.5, 0.6) is 0 Å². The van der Waals surface area contributed by atoms with E-state index in [0.717, 1.165) is 27.8 Å². The predicted molar refractivity (Wildman–Crippen MR) is 255 cm³/mol.